The molecule has 0 saturated heterocycles. The molecule has 0 unspecified atom stereocenters. The van der Waals surface area contributed by atoms with E-state index >= 15 is 0 Å². The van der Waals surface area contributed by atoms with E-state index in [1.54, 1.807) is 6.07 Å². The van der Waals surface area contributed by atoms with Gasteiger partial charge in [0.15, 0.2) is 10.9 Å². The second-order valence-electron chi connectivity index (χ2n) is 4.42. The molecule has 0 bridgehead atoms. The van der Waals surface area contributed by atoms with Crippen LogP contribution in [0.15, 0.2) is 52.1 Å². The average molecular weight is 382 g/mol. The van der Waals surface area contributed by atoms with Crippen LogP contribution in [-0.2, 0) is 0 Å². The second kappa shape index (κ2) is 6.22. The number of fused-ring (bicyclic) bond motifs is 1. The zero-order valence-electron chi connectivity index (χ0n) is 10.8. The first-order valence-corrected chi connectivity index (χ1v) is 8.34. The molecule has 0 aliphatic rings. The Morgan fingerprint density at radius 3 is 2.76 bits per heavy atom. The summed E-state index contributed by atoms with van der Waals surface area (Å²) in [6.07, 6.45) is 0. The molecule has 1 heterocycles. The van der Waals surface area contributed by atoms with Crippen LogP contribution < -0.4 is 0 Å². The number of thioether (sulfide) groups is 1. The van der Waals surface area contributed by atoms with Gasteiger partial charge in [0.05, 0.1) is 16.8 Å². The fourth-order valence-electron chi connectivity index (χ4n) is 1.88. The van der Waals surface area contributed by atoms with E-state index in [1.165, 1.54) is 11.8 Å². The van der Waals surface area contributed by atoms with Crippen molar-refractivity contribution in [2.45, 2.75) is 5.16 Å². The summed E-state index contributed by atoms with van der Waals surface area (Å²) in [6, 6.07) is 12.8. The molecule has 0 aliphatic heterocycles. The fraction of sp³-hybridized carbons (Fsp3) is 0.0667. The highest BCUT2D eigenvalue weighted by Crippen LogP contribution is 2.23. The van der Waals surface area contributed by atoms with Gasteiger partial charge in [-0.2, -0.15) is 0 Å². The van der Waals surface area contributed by atoms with Crippen LogP contribution in [-0.4, -0.2) is 21.5 Å². The zero-order valence-corrected chi connectivity index (χ0v) is 13.9. The number of nitrogens with zero attached hydrogens (tertiary/aromatic N) is 1. The van der Waals surface area contributed by atoms with E-state index in [1.807, 2.05) is 36.4 Å². The predicted octanol–water partition coefficient (Wildman–Crippen LogP) is 4.95. The highest BCUT2D eigenvalue weighted by atomic mass is 79.9. The predicted molar refractivity (Wildman–Crippen MR) is 90.3 cm³/mol. The van der Waals surface area contributed by atoms with Crippen LogP contribution >= 0.6 is 39.3 Å². The summed E-state index contributed by atoms with van der Waals surface area (Å²) in [7, 11) is 0. The number of ketones is 1. The van der Waals surface area contributed by atoms with Gasteiger partial charge in [0.2, 0.25) is 0 Å². The summed E-state index contributed by atoms with van der Waals surface area (Å²) in [5, 5.41) is 1.38. The lowest BCUT2D eigenvalue weighted by Crippen LogP contribution is -2.02. The molecule has 0 saturated carbocycles. The molecule has 0 fully saturated rings. The molecule has 2 aromatic carbocycles. The molecule has 21 heavy (non-hydrogen) atoms. The lowest BCUT2D eigenvalue weighted by Gasteiger charge is -1.99. The molecule has 0 aliphatic carbocycles. The van der Waals surface area contributed by atoms with Gasteiger partial charge in [-0.05, 0) is 30.3 Å². The molecule has 3 aromatic rings. The van der Waals surface area contributed by atoms with Crippen molar-refractivity contribution in [3.8, 4) is 0 Å². The number of carbonyl (C=O) groups is 1. The standard InChI is InChI=1S/C15H10BrClN2OS/c16-10-3-1-9(2-4-10)14(20)8-21-15-18-12-6-5-11(17)7-13(12)19-15/h1-7H,8H2,(H,18,19). The summed E-state index contributed by atoms with van der Waals surface area (Å²) in [5.41, 5.74) is 2.42. The Bertz CT molecular complexity index is 801. The van der Waals surface area contributed by atoms with E-state index in [9.17, 15) is 4.79 Å². The molecule has 0 spiro atoms. The molecular weight excluding hydrogens is 372 g/mol. The van der Waals surface area contributed by atoms with Gasteiger partial charge in [-0.1, -0.05) is 51.4 Å². The average Bonchev–Trinajstić information content (AvgIpc) is 2.87. The van der Waals surface area contributed by atoms with Gasteiger partial charge in [0.1, 0.15) is 0 Å². The topological polar surface area (TPSA) is 45.8 Å². The number of Topliss-reactive ketones (excluding diaryl/α,β-unsaturated/α-hetero) is 1. The van der Waals surface area contributed by atoms with Crippen molar-refractivity contribution in [3.63, 3.8) is 0 Å². The number of carbonyl (C=O) groups excluding carboxylic acids is 1. The number of rotatable bonds is 4. The second-order valence-corrected chi connectivity index (χ2v) is 6.74. The van der Waals surface area contributed by atoms with Crippen molar-refractivity contribution in [1.82, 2.24) is 9.97 Å². The van der Waals surface area contributed by atoms with Crippen molar-refractivity contribution in [2.75, 3.05) is 5.75 Å². The van der Waals surface area contributed by atoms with Crippen LogP contribution in [0.2, 0.25) is 5.02 Å². The molecule has 1 N–H and O–H groups in total. The molecule has 0 amide bonds. The first-order valence-electron chi connectivity index (χ1n) is 6.19. The van der Waals surface area contributed by atoms with Crippen LogP contribution in [0, 0.1) is 0 Å². The normalized spacial score (nSPS) is 11.0. The number of H-pyrrole nitrogens is 1. The summed E-state index contributed by atoms with van der Waals surface area (Å²) in [6.45, 7) is 0. The van der Waals surface area contributed by atoms with E-state index < -0.39 is 0 Å². The quantitative estimate of drug-likeness (QED) is 0.513. The Kier molecular flexibility index (Phi) is 4.33. The van der Waals surface area contributed by atoms with Gasteiger partial charge in [0, 0.05) is 15.1 Å². The molecule has 106 valence electrons. The Balaban J connectivity index is 1.71. The van der Waals surface area contributed by atoms with E-state index in [-0.39, 0.29) is 5.78 Å². The highest BCUT2D eigenvalue weighted by molar-refractivity contribution is 9.10. The minimum absolute atomic E-state index is 0.0750. The lowest BCUT2D eigenvalue weighted by atomic mass is 10.2. The van der Waals surface area contributed by atoms with E-state index in [0.717, 1.165) is 20.7 Å². The van der Waals surface area contributed by atoms with Crippen LogP contribution in [0.1, 0.15) is 10.4 Å². The molecular formula is C15H10BrClN2OS. The number of aromatic amines is 1. The molecule has 0 radical (unpaired) electrons. The molecule has 3 rings (SSSR count). The van der Waals surface area contributed by atoms with Gasteiger partial charge in [0.25, 0.3) is 0 Å². The maximum Gasteiger partial charge on any atom is 0.173 e. The van der Waals surface area contributed by atoms with Gasteiger partial charge in [-0.15, -0.1) is 0 Å². The van der Waals surface area contributed by atoms with Crippen molar-refractivity contribution in [2.24, 2.45) is 0 Å². The van der Waals surface area contributed by atoms with Crippen molar-refractivity contribution in [1.29, 1.82) is 0 Å². The minimum Gasteiger partial charge on any atom is -0.333 e. The Morgan fingerprint density at radius 1 is 1.24 bits per heavy atom. The van der Waals surface area contributed by atoms with Crippen molar-refractivity contribution < 1.29 is 4.79 Å². The minimum atomic E-state index is 0.0750. The van der Waals surface area contributed by atoms with Gasteiger partial charge in [-0.3, -0.25) is 4.79 Å². The first kappa shape index (κ1) is 14.6. The third-order valence-corrected chi connectivity index (χ3v) is 4.57. The van der Waals surface area contributed by atoms with Gasteiger partial charge >= 0.3 is 0 Å². The number of imidazole rings is 1. The van der Waals surface area contributed by atoms with Crippen molar-refractivity contribution >= 4 is 56.1 Å². The number of hydrogen-bond acceptors (Lipinski definition) is 3. The van der Waals surface area contributed by atoms with E-state index in [4.69, 9.17) is 11.6 Å². The maximum atomic E-state index is 12.1. The summed E-state index contributed by atoms with van der Waals surface area (Å²) < 4.78 is 0.959. The number of benzene rings is 2. The number of hydrogen-bond donors (Lipinski definition) is 1. The van der Waals surface area contributed by atoms with Gasteiger partial charge < -0.3 is 4.98 Å². The molecule has 6 heteroatoms. The maximum absolute atomic E-state index is 12.1. The lowest BCUT2D eigenvalue weighted by molar-refractivity contribution is 0.102. The van der Waals surface area contributed by atoms with Crippen LogP contribution in [0.4, 0.5) is 0 Å². The zero-order chi connectivity index (χ0) is 14.8. The Morgan fingerprint density at radius 2 is 2.00 bits per heavy atom. The summed E-state index contributed by atoms with van der Waals surface area (Å²) >= 11 is 10.7. The molecule has 1 aromatic heterocycles. The van der Waals surface area contributed by atoms with Crippen LogP contribution in [0.25, 0.3) is 11.0 Å². The third kappa shape index (κ3) is 3.48. The van der Waals surface area contributed by atoms with Crippen LogP contribution in [0.5, 0.6) is 0 Å². The van der Waals surface area contributed by atoms with Gasteiger partial charge in [-0.25, -0.2) is 4.98 Å². The largest absolute Gasteiger partial charge is 0.333 e. The van der Waals surface area contributed by atoms with Crippen LogP contribution in [0.3, 0.4) is 0 Å². The molecule has 3 nitrogen and oxygen atoms in total. The van der Waals surface area contributed by atoms with E-state index in [2.05, 4.69) is 25.9 Å². The smallest absolute Gasteiger partial charge is 0.173 e. The van der Waals surface area contributed by atoms with E-state index in [0.29, 0.717) is 16.3 Å². The number of nitrogens with one attached hydrogen (secondary N) is 1. The molecule has 0 atom stereocenters. The summed E-state index contributed by atoms with van der Waals surface area (Å²) in [4.78, 5) is 19.7. The van der Waals surface area contributed by atoms with Crippen molar-refractivity contribution in [3.05, 3.63) is 57.5 Å². The Labute approximate surface area is 139 Å². The number of aromatic nitrogens is 2. The SMILES string of the molecule is O=C(CSc1nc2ccc(Cl)cc2[nH]1)c1ccc(Br)cc1. The fourth-order valence-corrected chi connectivity index (χ4v) is 3.10. The summed E-state index contributed by atoms with van der Waals surface area (Å²) in [5.74, 6) is 0.417. The number of halogens is 2. The highest BCUT2D eigenvalue weighted by Gasteiger charge is 2.09. The Hall–Kier alpha value is -1.30. The third-order valence-electron chi connectivity index (χ3n) is 2.93. The first-order chi connectivity index (χ1) is 10.1. The monoisotopic (exact) mass is 380 g/mol.